The Labute approximate surface area is 562 Å². The van der Waals surface area contributed by atoms with E-state index >= 15 is 0 Å². The summed E-state index contributed by atoms with van der Waals surface area (Å²) in [4.78, 5) is 160. The molecule has 0 spiro atoms. The van der Waals surface area contributed by atoms with Crippen LogP contribution in [0.4, 0.5) is 53.5 Å². The van der Waals surface area contributed by atoms with Gasteiger partial charge in [0, 0.05) is 110 Å². The minimum absolute atomic E-state index is 0.00348. The third kappa shape index (κ3) is 19.9. The summed E-state index contributed by atoms with van der Waals surface area (Å²) in [7, 11) is 0. The van der Waals surface area contributed by atoms with Gasteiger partial charge in [0.25, 0.3) is 0 Å². The van der Waals surface area contributed by atoms with Crippen LogP contribution >= 0.6 is 0 Å². The van der Waals surface area contributed by atoms with Crippen molar-refractivity contribution in [2.75, 3.05) is 87.1 Å². The summed E-state index contributed by atoms with van der Waals surface area (Å²) in [5.74, 6) is -16.7. The summed E-state index contributed by atoms with van der Waals surface area (Å²) in [5, 5.41) is 116. The number of aliphatic carboxylic acids is 9. The van der Waals surface area contributed by atoms with Gasteiger partial charge in [-0.1, -0.05) is 54.6 Å². The first-order valence-corrected chi connectivity index (χ1v) is 30.4. The zero-order valence-corrected chi connectivity index (χ0v) is 52.3. The van der Waals surface area contributed by atoms with E-state index in [4.69, 9.17) is 0 Å². The lowest BCUT2D eigenvalue weighted by Gasteiger charge is -2.23. The normalized spacial score (nSPS) is 13.1. The Bertz CT molecular complexity index is 4030. The van der Waals surface area contributed by atoms with E-state index in [1.54, 1.807) is 96.3 Å². The number of hydrogen-bond donors (Lipinski definition) is 21. The SMILES string of the molecule is O=C(O)C[C@H](Nc1nc(NCCN(CCNc2nc(N[C@@H](CC(=O)O)C(=O)O)nc(N[C@@H](Cc3c[nH]c4ccccc34)C(=O)O)n2)CCNc2nc(N[C@@H](Cc3c[nH]c4ccccc34)C(=O)O)nc(N[C@H](CC(=O)O)C(=O)O)n2)nc(N[C@@H](Cc2c[nH]c3ccccc23)C(=O)O)n1)C(=O)O. The molecule has 0 saturated carbocycles. The molecule has 100 heavy (non-hydrogen) atoms. The maximum absolute atomic E-state index is 12.8. The second-order valence-corrected chi connectivity index (χ2v) is 22.2. The molecule has 3 aromatic carbocycles. The summed E-state index contributed by atoms with van der Waals surface area (Å²) in [6.07, 6.45) is 1.74. The molecule has 0 fully saturated rings. The minimum atomic E-state index is -1.79. The number of aromatic nitrogens is 12. The van der Waals surface area contributed by atoms with Crippen molar-refractivity contribution in [1.29, 1.82) is 0 Å². The van der Waals surface area contributed by atoms with Gasteiger partial charge >= 0.3 is 53.7 Å². The monoisotopic (exact) mass is 1380 g/mol. The number of rotatable bonds is 42. The van der Waals surface area contributed by atoms with E-state index in [0.717, 1.165) is 32.7 Å². The van der Waals surface area contributed by atoms with Gasteiger partial charge in [-0.15, -0.1) is 0 Å². The van der Waals surface area contributed by atoms with Crippen LogP contribution in [0.5, 0.6) is 0 Å². The lowest BCUT2D eigenvalue weighted by atomic mass is 10.1. The highest BCUT2D eigenvalue weighted by molar-refractivity contribution is 5.89. The predicted molar refractivity (Wildman–Crippen MR) is 354 cm³/mol. The zero-order valence-electron chi connectivity index (χ0n) is 52.3. The van der Waals surface area contributed by atoms with Crippen molar-refractivity contribution in [2.24, 2.45) is 0 Å². The molecule has 0 saturated heterocycles. The van der Waals surface area contributed by atoms with Crippen LogP contribution in [0.15, 0.2) is 91.4 Å². The fourth-order valence-electron chi connectivity index (χ4n) is 10.3. The van der Waals surface area contributed by atoms with E-state index in [1.165, 1.54) is 0 Å². The predicted octanol–water partition coefficient (Wildman–Crippen LogP) is 1.97. The van der Waals surface area contributed by atoms with Crippen LogP contribution < -0.4 is 47.9 Å². The Morgan fingerprint density at radius 1 is 0.320 bits per heavy atom. The fourth-order valence-corrected chi connectivity index (χ4v) is 10.3. The number of nitrogens with zero attached hydrogens (tertiary/aromatic N) is 10. The number of carboxylic acids is 9. The number of anilines is 9. The van der Waals surface area contributed by atoms with Gasteiger partial charge in [-0.3, -0.25) is 19.3 Å². The van der Waals surface area contributed by atoms with Crippen LogP contribution in [-0.4, -0.2) is 240 Å². The molecular formula is C60H66N22O18. The van der Waals surface area contributed by atoms with Crippen molar-refractivity contribution in [3.05, 3.63) is 108 Å². The lowest BCUT2D eigenvalue weighted by Crippen LogP contribution is -2.37. The number of H-pyrrole nitrogens is 3. The van der Waals surface area contributed by atoms with Crippen LogP contribution in [-0.2, 0) is 62.4 Å². The first-order chi connectivity index (χ1) is 47.9. The summed E-state index contributed by atoms with van der Waals surface area (Å²) in [6, 6.07) is 11.8. The largest absolute Gasteiger partial charge is 0.481 e. The quantitative estimate of drug-likeness (QED) is 0.0260. The van der Waals surface area contributed by atoms with E-state index in [9.17, 15) is 89.1 Å². The number of aromatic amines is 3. The number of carbonyl (C=O) groups is 9. The Balaban J connectivity index is 1.01. The highest BCUT2D eigenvalue weighted by Crippen LogP contribution is 2.25. The van der Waals surface area contributed by atoms with E-state index < -0.39 is 127 Å². The summed E-state index contributed by atoms with van der Waals surface area (Å²) in [6.45, 7) is -0.343. The van der Waals surface area contributed by atoms with Crippen LogP contribution in [0.1, 0.15) is 36.0 Å². The molecule has 0 bridgehead atoms. The van der Waals surface area contributed by atoms with E-state index in [1.807, 2.05) is 0 Å². The average Bonchev–Trinajstić information content (AvgIpc) is 1.59. The van der Waals surface area contributed by atoms with Crippen molar-refractivity contribution in [1.82, 2.24) is 64.7 Å². The zero-order chi connectivity index (χ0) is 71.6. The summed E-state index contributed by atoms with van der Waals surface area (Å²) >= 11 is 0. The molecule has 0 radical (unpaired) electrons. The van der Waals surface area contributed by atoms with Gasteiger partial charge in [0.1, 0.15) is 36.3 Å². The van der Waals surface area contributed by atoms with Gasteiger partial charge in [-0.2, -0.15) is 44.9 Å². The smallest absolute Gasteiger partial charge is 0.326 e. The van der Waals surface area contributed by atoms with E-state index in [-0.39, 0.29) is 94.2 Å². The molecule has 0 aliphatic carbocycles. The Kier molecular flexibility index (Phi) is 23.4. The highest BCUT2D eigenvalue weighted by atomic mass is 16.4. The standard InChI is InChI=1S/C60H66N22O18/c83-43(84)22-40(49(95)96)70-58-76-52(73-55(79-58)67-37(46(89)90)19-28-25-64-34-10-4-1-7-31(28)34)61-13-16-82(17-14-62-53-74-56(80-59(77-53)71-41(50(97)98)23-44(85)86)68-38(47(91)92)20-29-26-65-35-11-5-2-8-32(29)35)18-15-63-54-75-57(81-60(78-54)72-42(51(99)100)24-45(87)88)69-39(48(93)94)21-30-27-66-36-12-6-3-9-33(30)36/h1-12,25-27,37-42,64-66H,13-24H2,(H,83,84)(H,85,86)(H,87,88)(H,89,90)(H,91,92)(H,93,94)(H,95,96)(H,97,98)(H,99,100)(H3,61,67,70,73,76,79)(H3,62,68,71,74,77,80)(H3,63,69,72,75,78,81)/t37-,38-,39-,40-,41-,42+/m0/s1. The average molecular weight is 1380 g/mol. The Morgan fingerprint density at radius 3 is 0.770 bits per heavy atom. The molecule has 0 amide bonds. The molecule has 40 nitrogen and oxygen atoms in total. The number of hydrogen-bond acceptors (Lipinski definition) is 28. The van der Waals surface area contributed by atoms with Crippen molar-refractivity contribution in [3.8, 4) is 0 Å². The molecule has 0 unspecified atom stereocenters. The van der Waals surface area contributed by atoms with Crippen molar-refractivity contribution >= 4 is 140 Å². The first kappa shape index (κ1) is 71.0. The van der Waals surface area contributed by atoms with Gasteiger partial charge in [0.2, 0.25) is 53.5 Å². The van der Waals surface area contributed by atoms with Gasteiger partial charge < -0.3 is 109 Å². The molecule has 524 valence electrons. The Morgan fingerprint density at radius 2 is 0.540 bits per heavy atom. The number of fused-ring (bicyclic) bond motifs is 3. The maximum Gasteiger partial charge on any atom is 0.326 e. The van der Waals surface area contributed by atoms with Gasteiger partial charge in [0.05, 0.1) is 19.3 Å². The molecule has 6 aromatic heterocycles. The van der Waals surface area contributed by atoms with E-state index in [2.05, 4.69) is 108 Å². The second kappa shape index (κ2) is 32.9. The molecule has 6 atom stereocenters. The molecule has 9 rings (SSSR count). The fraction of sp³-hybridized carbons (Fsp3) is 0.300. The van der Waals surface area contributed by atoms with Gasteiger partial charge in [0.15, 0.2) is 0 Å². The van der Waals surface area contributed by atoms with Crippen molar-refractivity contribution in [3.63, 3.8) is 0 Å². The second-order valence-electron chi connectivity index (χ2n) is 22.2. The third-order valence-corrected chi connectivity index (χ3v) is 15.1. The lowest BCUT2D eigenvalue weighted by molar-refractivity contribution is -0.144. The first-order valence-electron chi connectivity index (χ1n) is 30.4. The summed E-state index contributed by atoms with van der Waals surface area (Å²) in [5.41, 5.74) is 3.99. The van der Waals surface area contributed by atoms with Crippen LogP contribution in [0, 0.1) is 0 Å². The van der Waals surface area contributed by atoms with Crippen LogP contribution in [0.3, 0.4) is 0 Å². The number of benzene rings is 3. The summed E-state index contributed by atoms with van der Waals surface area (Å²) < 4.78 is 0. The number of carboxylic acid groups (broad SMARTS) is 9. The molecule has 21 N–H and O–H groups in total. The molecule has 0 aliphatic rings. The molecule has 40 heteroatoms. The molecule has 6 heterocycles. The third-order valence-electron chi connectivity index (χ3n) is 15.1. The number of nitrogens with one attached hydrogen (secondary N) is 12. The van der Waals surface area contributed by atoms with Crippen molar-refractivity contribution < 1.29 is 89.1 Å². The van der Waals surface area contributed by atoms with E-state index in [0.29, 0.717) is 16.7 Å². The number of para-hydroxylation sites is 3. The van der Waals surface area contributed by atoms with Crippen LogP contribution in [0.25, 0.3) is 32.7 Å². The van der Waals surface area contributed by atoms with Gasteiger partial charge in [-0.25, -0.2) is 28.8 Å². The Hall–Kier alpha value is -13.3. The van der Waals surface area contributed by atoms with Crippen LogP contribution in [0.2, 0.25) is 0 Å². The highest BCUT2D eigenvalue weighted by Gasteiger charge is 2.30. The topological polar surface area (TPSA) is 611 Å². The molecule has 9 aromatic rings. The van der Waals surface area contributed by atoms with Crippen molar-refractivity contribution in [2.45, 2.75) is 74.8 Å². The minimum Gasteiger partial charge on any atom is -0.481 e. The molecular weight excluding hydrogens is 1320 g/mol. The molecule has 0 aliphatic heterocycles. The van der Waals surface area contributed by atoms with Gasteiger partial charge in [-0.05, 0) is 34.9 Å². The maximum atomic E-state index is 12.8.